The highest BCUT2D eigenvalue weighted by Gasteiger charge is 2.49. The van der Waals surface area contributed by atoms with Crippen molar-refractivity contribution in [2.24, 2.45) is 0 Å². The fourth-order valence-corrected chi connectivity index (χ4v) is 1.84. The van der Waals surface area contributed by atoms with Crippen molar-refractivity contribution in [2.75, 3.05) is 5.32 Å². The van der Waals surface area contributed by atoms with Gasteiger partial charge in [0.25, 0.3) is 0 Å². The van der Waals surface area contributed by atoms with Gasteiger partial charge in [0.1, 0.15) is 5.52 Å². The van der Waals surface area contributed by atoms with E-state index >= 15 is 0 Å². The number of halogens is 4. The molecule has 0 saturated heterocycles. The van der Waals surface area contributed by atoms with Gasteiger partial charge in [0.15, 0.2) is 11.5 Å². The first-order valence-corrected chi connectivity index (χ1v) is 6.26. The van der Waals surface area contributed by atoms with Gasteiger partial charge in [-0.1, -0.05) is 0 Å². The Morgan fingerprint density at radius 2 is 2.10 bits per heavy atom. The summed E-state index contributed by atoms with van der Waals surface area (Å²) in [6.07, 6.45) is -2.09. The molecule has 8 heteroatoms. The minimum absolute atomic E-state index is 0.0385. The van der Waals surface area contributed by atoms with Gasteiger partial charge in [0, 0.05) is 11.6 Å². The van der Waals surface area contributed by atoms with Crippen molar-refractivity contribution in [1.29, 1.82) is 0 Å². The predicted molar refractivity (Wildman–Crippen MR) is 65.6 cm³/mol. The maximum Gasteiger partial charge on any atom is 0.383 e. The summed E-state index contributed by atoms with van der Waals surface area (Å²) in [6.45, 7) is 0. The van der Waals surface area contributed by atoms with Crippen LogP contribution in [0.2, 0.25) is 0 Å². The minimum atomic E-state index is -4.74. The molecule has 4 nitrogen and oxygen atoms in total. The van der Waals surface area contributed by atoms with Crippen molar-refractivity contribution in [1.82, 2.24) is 4.98 Å². The highest BCUT2D eigenvalue weighted by molar-refractivity contribution is 5.97. The van der Waals surface area contributed by atoms with Crippen LogP contribution in [0.4, 0.5) is 23.2 Å². The first-order chi connectivity index (χ1) is 9.88. The average molecular weight is 302 g/mol. The van der Waals surface area contributed by atoms with E-state index in [1.165, 1.54) is 18.2 Å². The summed E-state index contributed by atoms with van der Waals surface area (Å²) >= 11 is 0. The number of hydrogen-bond acceptors (Lipinski definition) is 3. The highest BCUT2D eigenvalue weighted by atomic mass is 19.3. The van der Waals surface area contributed by atoms with E-state index in [4.69, 9.17) is 4.42 Å². The third-order valence-corrected chi connectivity index (χ3v) is 3.17. The van der Waals surface area contributed by atoms with E-state index in [1.54, 1.807) is 5.32 Å². The summed E-state index contributed by atoms with van der Waals surface area (Å²) < 4.78 is 55.3. The molecule has 112 valence electrons. The summed E-state index contributed by atoms with van der Waals surface area (Å²) in [5.74, 6) is -5.95. The fraction of sp³-hybridized carbons (Fsp3) is 0.385. The Balaban J connectivity index is 1.82. The molecule has 21 heavy (non-hydrogen) atoms. The standard InChI is InChI=1S/C13H10F4N2O2/c14-11(15)13(16,17)12(20)18-7-3-4-9-8(5-7)19-10(21-9)6-1-2-6/h3-6,11H,1-2H2,(H,18,20). The van der Waals surface area contributed by atoms with Gasteiger partial charge in [0.05, 0.1) is 0 Å². The summed E-state index contributed by atoms with van der Waals surface area (Å²) in [6, 6.07) is 4.05. The molecule has 1 aromatic heterocycles. The number of amides is 1. The molecule has 1 aliphatic rings. The lowest BCUT2D eigenvalue weighted by Crippen LogP contribution is -2.40. The van der Waals surface area contributed by atoms with Crippen LogP contribution in [-0.2, 0) is 4.79 Å². The maximum atomic E-state index is 12.9. The summed E-state index contributed by atoms with van der Waals surface area (Å²) in [7, 11) is 0. The van der Waals surface area contributed by atoms with Gasteiger partial charge in [-0.05, 0) is 31.0 Å². The zero-order valence-corrected chi connectivity index (χ0v) is 10.6. The van der Waals surface area contributed by atoms with Gasteiger partial charge in [-0.3, -0.25) is 4.79 Å². The van der Waals surface area contributed by atoms with Crippen LogP contribution in [0.1, 0.15) is 24.7 Å². The van der Waals surface area contributed by atoms with E-state index in [0.29, 0.717) is 17.0 Å². The summed E-state index contributed by atoms with van der Waals surface area (Å²) in [4.78, 5) is 15.3. The van der Waals surface area contributed by atoms with Gasteiger partial charge >= 0.3 is 18.3 Å². The normalized spacial score (nSPS) is 15.7. The number of aromatic nitrogens is 1. The monoisotopic (exact) mass is 302 g/mol. The first kappa shape index (κ1) is 13.8. The molecule has 3 rings (SSSR count). The van der Waals surface area contributed by atoms with Crippen LogP contribution in [0.25, 0.3) is 11.1 Å². The summed E-state index contributed by atoms with van der Waals surface area (Å²) in [5.41, 5.74) is 0.800. The number of carbonyl (C=O) groups is 1. The number of fused-ring (bicyclic) bond motifs is 1. The average Bonchev–Trinajstić information content (AvgIpc) is 3.18. The fourth-order valence-electron chi connectivity index (χ4n) is 1.84. The lowest BCUT2D eigenvalue weighted by Gasteiger charge is -2.14. The van der Waals surface area contributed by atoms with Crippen LogP contribution in [0.3, 0.4) is 0 Å². The lowest BCUT2D eigenvalue weighted by atomic mass is 10.2. The number of oxazole rings is 1. The number of alkyl halides is 4. The van der Waals surface area contributed by atoms with Crippen molar-refractivity contribution < 1.29 is 26.8 Å². The van der Waals surface area contributed by atoms with Crippen molar-refractivity contribution in [3.8, 4) is 0 Å². The van der Waals surface area contributed by atoms with Gasteiger partial charge in [-0.2, -0.15) is 8.78 Å². The second kappa shape index (κ2) is 4.71. The molecule has 1 aliphatic carbocycles. The molecule has 0 bridgehead atoms. The molecule has 0 unspecified atom stereocenters. The van der Waals surface area contributed by atoms with Crippen LogP contribution in [-0.4, -0.2) is 23.2 Å². The Labute approximate surface area is 116 Å². The molecule has 0 spiro atoms. The zero-order valence-electron chi connectivity index (χ0n) is 10.6. The van der Waals surface area contributed by atoms with E-state index in [-0.39, 0.29) is 11.6 Å². The van der Waals surface area contributed by atoms with Gasteiger partial charge in [0.2, 0.25) is 0 Å². The molecule has 1 aromatic carbocycles. The zero-order chi connectivity index (χ0) is 15.2. The molecule has 0 atom stereocenters. The van der Waals surface area contributed by atoms with Gasteiger partial charge < -0.3 is 9.73 Å². The van der Waals surface area contributed by atoms with E-state index in [1.807, 2.05) is 0 Å². The lowest BCUT2D eigenvalue weighted by molar-refractivity contribution is -0.163. The Bertz CT molecular complexity index is 695. The maximum absolute atomic E-state index is 12.9. The molecular weight excluding hydrogens is 292 g/mol. The molecule has 1 saturated carbocycles. The molecule has 2 aromatic rings. The third-order valence-electron chi connectivity index (χ3n) is 3.17. The van der Waals surface area contributed by atoms with Crippen LogP contribution in [0.15, 0.2) is 22.6 Å². The van der Waals surface area contributed by atoms with Crippen molar-refractivity contribution in [2.45, 2.75) is 31.1 Å². The highest BCUT2D eigenvalue weighted by Crippen LogP contribution is 2.40. The third kappa shape index (κ3) is 2.57. The van der Waals surface area contributed by atoms with E-state index in [9.17, 15) is 22.4 Å². The number of rotatable bonds is 4. The number of carbonyl (C=O) groups excluding carboxylic acids is 1. The molecule has 0 radical (unpaired) electrons. The minimum Gasteiger partial charge on any atom is -0.440 e. The number of nitrogens with zero attached hydrogens (tertiary/aromatic N) is 1. The largest absolute Gasteiger partial charge is 0.440 e. The van der Waals surface area contributed by atoms with Gasteiger partial charge in [-0.15, -0.1) is 0 Å². The van der Waals surface area contributed by atoms with Crippen molar-refractivity contribution in [3.05, 3.63) is 24.1 Å². The van der Waals surface area contributed by atoms with Gasteiger partial charge in [-0.25, -0.2) is 13.8 Å². The quantitative estimate of drug-likeness (QED) is 0.879. The van der Waals surface area contributed by atoms with E-state index in [2.05, 4.69) is 4.98 Å². The molecule has 1 fully saturated rings. The predicted octanol–water partition coefficient (Wildman–Crippen LogP) is 3.54. The summed E-state index contributed by atoms with van der Waals surface area (Å²) in [5, 5.41) is 1.76. The van der Waals surface area contributed by atoms with Crippen molar-refractivity contribution >= 4 is 22.7 Å². The Hall–Kier alpha value is -2.12. The van der Waals surface area contributed by atoms with Crippen LogP contribution in [0.5, 0.6) is 0 Å². The number of anilines is 1. The molecule has 1 N–H and O–H groups in total. The van der Waals surface area contributed by atoms with Crippen LogP contribution >= 0.6 is 0 Å². The Morgan fingerprint density at radius 3 is 2.71 bits per heavy atom. The Kier molecular flexibility index (Phi) is 3.11. The number of benzene rings is 1. The first-order valence-electron chi connectivity index (χ1n) is 6.26. The van der Waals surface area contributed by atoms with Crippen molar-refractivity contribution in [3.63, 3.8) is 0 Å². The number of hydrogen-bond donors (Lipinski definition) is 1. The van der Waals surface area contributed by atoms with Crippen LogP contribution < -0.4 is 5.32 Å². The van der Waals surface area contributed by atoms with Crippen LogP contribution in [0, 0.1) is 0 Å². The molecular formula is C13H10F4N2O2. The second-order valence-electron chi connectivity index (χ2n) is 4.89. The smallest absolute Gasteiger partial charge is 0.383 e. The SMILES string of the molecule is O=C(Nc1ccc2oc(C3CC3)nc2c1)C(F)(F)C(F)F. The van der Waals surface area contributed by atoms with E-state index < -0.39 is 18.3 Å². The molecule has 1 amide bonds. The second-order valence-corrected chi connectivity index (χ2v) is 4.89. The molecule has 1 heterocycles. The molecule has 0 aliphatic heterocycles. The van der Waals surface area contributed by atoms with E-state index in [0.717, 1.165) is 12.8 Å². The number of nitrogens with one attached hydrogen (secondary N) is 1. The Morgan fingerprint density at radius 1 is 1.38 bits per heavy atom. The topological polar surface area (TPSA) is 55.1 Å².